The molecule has 0 aliphatic heterocycles. The first-order valence-electron chi connectivity index (χ1n) is 3.96. The van der Waals surface area contributed by atoms with Gasteiger partial charge in [-0.25, -0.2) is 4.98 Å². The fraction of sp³-hybridized carbons (Fsp3) is 0.333. The number of nitrogens with one attached hydrogen (secondary N) is 1. The molecule has 0 bridgehead atoms. The van der Waals surface area contributed by atoms with Crippen molar-refractivity contribution in [2.75, 3.05) is 5.32 Å². The highest BCUT2D eigenvalue weighted by Crippen LogP contribution is 2.14. The van der Waals surface area contributed by atoms with Gasteiger partial charge >= 0.3 is 0 Å². The van der Waals surface area contributed by atoms with Crippen molar-refractivity contribution >= 4 is 22.4 Å². The van der Waals surface area contributed by atoms with Gasteiger partial charge in [0.1, 0.15) is 0 Å². The Morgan fingerprint density at radius 1 is 1.62 bits per heavy atom. The lowest BCUT2D eigenvalue weighted by Crippen LogP contribution is -2.07. The summed E-state index contributed by atoms with van der Waals surface area (Å²) >= 11 is 1.43. The molecule has 0 aliphatic carbocycles. The van der Waals surface area contributed by atoms with Crippen molar-refractivity contribution in [1.29, 1.82) is 0 Å². The molecule has 4 heteroatoms. The Morgan fingerprint density at radius 2 is 2.31 bits per heavy atom. The van der Waals surface area contributed by atoms with E-state index in [4.69, 9.17) is 0 Å². The molecule has 0 fully saturated rings. The maximum atomic E-state index is 11.2. The van der Waals surface area contributed by atoms with Gasteiger partial charge in [-0.1, -0.05) is 5.57 Å². The average Bonchev–Trinajstić information content (AvgIpc) is 2.33. The Morgan fingerprint density at radius 3 is 2.77 bits per heavy atom. The maximum Gasteiger partial charge on any atom is 0.250 e. The van der Waals surface area contributed by atoms with Gasteiger partial charge in [0, 0.05) is 11.5 Å². The zero-order valence-corrected chi connectivity index (χ0v) is 8.73. The lowest BCUT2D eigenvalue weighted by Gasteiger charge is -1.95. The van der Waals surface area contributed by atoms with Gasteiger partial charge in [-0.2, -0.15) is 0 Å². The number of amides is 1. The molecule has 0 aromatic carbocycles. The molecule has 0 unspecified atom stereocenters. The largest absolute Gasteiger partial charge is 0.298 e. The van der Waals surface area contributed by atoms with Gasteiger partial charge in [0.2, 0.25) is 5.91 Å². The van der Waals surface area contributed by atoms with Gasteiger partial charge in [0.05, 0.1) is 5.69 Å². The van der Waals surface area contributed by atoms with Crippen molar-refractivity contribution in [3.05, 3.63) is 22.7 Å². The third-order valence-corrected chi connectivity index (χ3v) is 2.14. The minimum absolute atomic E-state index is 0.116. The van der Waals surface area contributed by atoms with Gasteiger partial charge in [0.15, 0.2) is 5.13 Å². The van der Waals surface area contributed by atoms with Crippen molar-refractivity contribution in [2.45, 2.75) is 20.8 Å². The number of rotatable bonds is 2. The Balaban J connectivity index is 2.60. The van der Waals surface area contributed by atoms with Crippen LogP contribution in [0.2, 0.25) is 0 Å². The standard InChI is InChI=1S/C9H12N2OS/c1-6(2)4-8(12)11-9-10-7(3)5-13-9/h4-5H,1-3H3,(H,10,11,12). The van der Waals surface area contributed by atoms with E-state index >= 15 is 0 Å². The Hall–Kier alpha value is -1.16. The number of carbonyl (C=O) groups is 1. The summed E-state index contributed by atoms with van der Waals surface area (Å²) in [5.41, 5.74) is 1.91. The van der Waals surface area contributed by atoms with Crippen LogP contribution in [0.25, 0.3) is 0 Å². The van der Waals surface area contributed by atoms with Gasteiger partial charge in [-0.05, 0) is 20.8 Å². The molecule has 1 N–H and O–H groups in total. The second kappa shape index (κ2) is 4.18. The molecule has 0 atom stereocenters. The van der Waals surface area contributed by atoms with E-state index in [0.29, 0.717) is 5.13 Å². The van der Waals surface area contributed by atoms with Crippen LogP contribution in [0, 0.1) is 6.92 Å². The lowest BCUT2D eigenvalue weighted by molar-refractivity contribution is -0.111. The number of nitrogens with zero attached hydrogens (tertiary/aromatic N) is 1. The number of allylic oxidation sites excluding steroid dienone is 1. The fourth-order valence-electron chi connectivity index (χ4n) is 0.815. The quantitative estimate of drug-likeness (QED) is 0.738. The van der Waals surface area contributed by atoms with Crippen LogP contribution in [-0.4, -0.2) is 10.9 Å². The van der Waals surface area contributed by atoms with Crippen LogP contribution in [0.15, 0.2) is 17.0 Å². The third-order valence-electron chi connectivity index (χ3n) is 1.27. The number of hydrogen-bond donors (Lipinski definition) is 1. The highest BCUT2D eigenvalue weighted by molar-refractivity contribution is 7.13. The molecule has 1 heterocycles. The molecule has 13 heavy (non-hydrogen) atoms. The van der Waals surface area contributed by atoms with E-state index in [1.807, 2.05) is 26.2 Å². The number of aryl methyl sites for hydroxylation is 1. The fourth-order valence-corrected chi connectivity index (χ4v) is 1.51. The highest BCUT2D eigenvalue weighted by atomic mass is 32.1. The maximum absolute atomic E-state index is 11.2. The Bertz CT molecular complexity index is 337. The molecule has 3 nitrogen and oxygen atoms in total. The van der Waals surface area contributed by atoms with Crippen LogP contribution in [0.1, 0.15) is 19.5 Å². The van der Waals surface area contributed by atoms with E-state index < -0.39 is 0 Å². The minimum atomic E-state index is -0.116. The molecular formula is C9H12N2OS. The van der Waals surface area contributed by atoms with Crippen LogP contribution in [0.3, 0.4) is 0 Å². The van der Waals surface area contributed by atoms with E-state index in [2.05, 4.69) is 10.3 Å². The predicted molar refractivity (Wildman–Crippen MR) is 54.9 cm³/mol. The van der Waals surface area contributed by atoms with Gasteiger partial charge in [-0.15, -0.1) is 11.3 Å². The van der Waals surface area contributed by atoms with E-state index in [1.165, 1.54) is 11.3 Å². The van der Waals surface area contributed by atoms with Crippen molar-refractivity contribution in [2.24, 2.45) is 0 Å². The average molecular weight is 196 g/mol. The summed E-state index contributed by atoms with van der Waals surface area (Å²) < 4.78 is 0. The SMILES string of the molecule is CC(C)=CC(=O)Nc1nc(C)cs1. The smallest absolute Gasteiger partial charge is 0.250 e. The van der Waals surface area contributed by atoms with Gasteiger partial charge in [-0.3, -0.25) is 10.1 Å². The Labute approximate surface area is 81.5 Å². The van der Waals surface area contributed by atoms with Crippen LogP contribution in [0.5, 0.6) is 0 Å². The molecule has 70 valence electrons. The van der Waals surface area contributed by atoms with Crippen molar-refractivity contribution in [3.8, 4) is 0 Å². The molecule has 0 saturated carbocycles. The summed E-state index contributed by atoms with van der Waals surface area (Å²) in [5, 5.41) is 5.24. The monoisotopic (exact) mass is 196 g/mol. The molecule has 1 amide bonds. The molecular weight excluding hydrogens is 184 g/mol. The summed E-state index contributed by atoms with van der Waals surface area (Å²) in [4.78, 5) is 15.3. The lowest BCUT2D eigenvalue weighted by atomic mass is 10.3. The zero-order chi connectivity index (χ0) is 9.84. The number of aromatic nitrogens is 1. The minimum Gasteiger partial charge on any atom is -0.298 e. The zero-order valence-electron chi connectivity index (χ0n) is 7.92. The van der Waals surface area contributed by atoms with Crippen molar-refractivity contribution < 1.29 is 4.79 Å². The number of anilines is 1. The first-order chi connectivity index (χ1) is 6.08. The molecule has 0 spiro atoms. The van der Waals surface area contributed by atoms with E-state index in [1.54, 1.807) is 6.08 Å². The van der Waals surface area contributed by atoms with Crippen LogP contribution in [0.4, 0.5) is 5.13 Å². The summed E-state index contributed by atoms with van der Waals surface area (Å²) in [6.07, 6.45) is 1.55. The van der Waals surface area contributed by atoms with Crippen LogP contribution < -0.4 is 5.32 Å². The number of hydrogen-bond acceptors (Lipinski definition) is 3. The normalized spacial score (nSPS) is 9.46. The highest BCUT2D eigenvalue weighted by Gasteiger charge is 2.01. The molecule has 1 aromatic rings. The third kappa shape index (κ3) is 3.38. The van der Waals surface area contributed by atoms with E-state index in [-0.39, 0.29) is 5.91 Å². The van der Waals surface area contributed by atoms with Gasteiger partial charge in [0.25, 0.3) is 0 Å². The Kier molecular flexibility index (Phi) is 3.19. The van der Waals surface area contributed by atoms with E-state index in [0.717, 1.165) is 11.3 Å². The first kappa shape index (κ1) is 9.92. The molecule has 0 saturated heterocycles. The van der Waals surface area contributed by atoms with Gasteiger partial charge < -0.3 is 0 Å². The summed E-state index contributed by atoms with van der Waals surface area (Å²) in [7, 11) is 0. The molecule has 1 rings (SSSR count). The molecule has 0 radical (unpaired) electrons. The van der Waals surface area contributed by atoms with Crippen molar-refractivity contribution in [3.63, 3.8) is 0 Å². The second-order valence-electron chi connectivity index (χ2n) is 3.00. The number of thiazole rings is 1. The topological polar surface area (TPSA) is 42.0 Å². The van der Waals surface area contributed by atoms with E-state index in [9.17, 15) is 4.79 Å². The van der Waals surface area contributed by atoms with Crippen molar-refractivity contribution in [1.82, 2.24) is 4.98 Å². The molecule has 1 aromatic heterocycles. The predicted octanol–water partition coefficient (Wildman–Crippen LogP) is 2.36. The molecule has 0 aliphatic rings. The first-order valence-corrected chi connectivity index (χ1v) is 4.84. The summed E-state index contributed by atoms with van der Waals surface area (Å²) in [6.45, 7) is 5.66. The number of carbonyl (C=O) groups excluding carboxylic acids is 1. The van der Waals surface area contributed by atoms with Crippen LogP contribution in [-0.2, 0) is 4.79 Å². The van der Waals surface area contributed by atoms with Crippen LogP contribution >= 0.6 is 11.3 Å². The summed E-state index contributed by atoms with van der Waals surface area (Å²) in [6, 6.07) is 0. The summed E-state index contributed by atoms with van der Waals surface area (Å²) in [5.74, 6) is -0.116. The second-order valence-corrected chi connectivity index (χ2v) is 3.86.